The lowest BCUT2D eigenvalue weighted by Crippen LogP contribution is -2.50. The first kappa shape index (κ1) is 15.9. The summed E-state index contributed by atoms with van der Waals surface area (Å²) in [7, 11) is 0. The smallest absolute Gasteiger partial charge is 0.276 e. The van der Waals surface area contributed by atoms with E-state index in [1.807, 2.05) is 30.5 Å². The normalized spacial score (nSPS) is 18.7. The van der Waals surface area contributed by atoms with E-state index >= 15 is 0 Å². The lowest BCUT2D eigenvalue weighted by atomic mass is 10.1. The third kappa shape index (κ3) is 2.72. The van der Waals surface area contributed by atoms with Crippen molar-refractivity contribution in [2.45, 2.75) is 19.5 Å². The molecule has 2 heterocycles. The SMILES string of the molecule is CCc1ccc([C@H]2N=c3ccccc3=C3C(=O)NC(SC)=NN32)cc1. The molecule has 0 aliphatic carbocycles. The third-order valence-electron chi connectivity index (χ3n) is 4.39. The van der Waals surface area contributed by atoms with E-state index in [9.17, 15) is 4.79 Å². The summed E-state index contributed by atoms with van der Waals surface area (Å²) in [6.07, 6.45) is 2.54. The average Bonchev–Trinajstić information content (AvgIpc) is 2.67. The number of carbonyl (C=O) groups excluding carboxylic acids is 1. The molecule has 0 fully saturated rings. The summed E-state index contributed by atoms with van der Waals surface area (Å²) in [4.78, 5) is 17.6. The molecule has 0 unspecified atom stereocenters. The van der Waals surface area contributed by atoms with Crippen LogP contribution in [0.25, 0.3) is 5.70 Å². The number of fused-ring (bicyclic) bond motifs is 2. The first-order chi connectivity index (χ1) is 12.2. The second-order valence-corrected chi connectivity index (χ2v) is 6.67. The van der Waals surface area contributed by atoms with Crippen LogP contribution in [0.2, 0.25) is 0 Å². The van der Waals surface area contributed by atoms with Crippen molar-refractivity contribution in [1.82, 2.24) is 10.3 Å². The summed E-state index contributed by atoms with van der Waals surface area (Å²) in [5, 5.41) is 11.4. The predicted molar refractivity (Wildman–Crippen MR) is 100 cm³/mol. The largest absolute Gasteiger partial charge is 0.298 e. The van der Waals surface area contributed by atoms with Crippen molar-refractivity contribution in [1.29, 1.82) is 0 Å². The maximum atomic E-state index is 12.7. The van der Waals surface area contributed by atoms with E-state index in [-0.39, 0.29) is 12.1 Å². The highest BCUT2D eigenvalue weighted by Gasteiger charge is 2.33. The quantitative estimate of drug-likeness (QED) is 0.898. The summed E-state index contributed by atoms with van der Waals surface area (Å²) < 4.78 is 0. The highest BCUT2D eigenvalue weighted by Crippen LogP contribution is 2.30. The Bertz CT molecular complexity index is 981. The lowest BCUT2D eigenvalue weighted by Gasteiger charge is -2.33. The highest BCUT2D eigenvalue weighted by molar-refractivity contribution is 8.13. The molecule has 126 valence electrons. The Morgan fingerprint density at radius 3 is 2.64 bits per heavy atom. The molecule has 1 atom stereocenters. The van der Waals surface area contributed by atoms with Gasteiger partial charge in [-0.3, -0.25) is 15.1 Å². The van der Waals surface area contributed by atoms with Gasteiger partial charge in [0.05, 0.1) is 5.36 Å². The number of hydrogen-bond acceptors (Lipinski definition) is 5. The molecule has 6 heteroatoms. The predicted octanol–water partition coefficient (Wildman–Crippen LogP) is 1.76. The number of aryl methyl sites for hydroxylation is 1. The van der Waals surface area contributed by atoms with Gasteiger partial charge in [0.15, 0.2) is 11.3 Å². The third-order valence-corrected chi connectivity index (χ3v) is 4.97. The van der Waals surface area contributed by atoms with Gasteiger partial charge in [-0.05, 0) is 29.9 Å². The monoisotopic (exact) mass is 350 g/mol. The molecule has 5 nitrogen and oxygen atoms in total. The Kier molecular flexibility index (Phi) is 4.05. The molecule has 0 saturated carbocycles. The molecule has 2 aromatic rings. The van der Waals surface area contributed by atoms with E-state index in [0.717, 1.165) is 22.6 Å². The first-order valence-corrected chi connectivity index (χ1v) is 9.43. The topological polar surface area (TPSA) is 57.1 Å². The van der Waals surface area contributed by atoms with E-state index in [4.69, 9.17) is 4.99 Å². The molecular formula is C19H18N4OS. The zero-order chi connectivity index (χ0) is 17.4. The average molecular weight is 350 g/mol. The van der Waals surface area contributed by atoms with Crippen molar-refractivity contribution in [2.75, 3.05) is 6.26 Å². The van der Waals surface area contributed by atoms with Crippen LogP contribution in [-0.4, -0.2) is 22.3 Å². The Morgan fingerprint density at radius 2 is 1.92 bits per heavy atom. The minimum Gasteiger partial charge on any atom is -0.298 e. The van der Waals surface area contributed by atoms with E-state index in [2.05, 4.69) is 41.6 Å². The molecule has 2 aromatic carbocycles. The standard InChI is InChI=1S/C19H18N4OS/c1-3-12-8-10-13(11-9-12)17-20-15-7-5-4-6-14(15)16-18(24)21-19(25-2)22-23(16)17/h4-11,17H,3H2,1-2H3,(H,21,22,24)/t17-/m0/s1. The molecule has 1 amide bonds. The second kappa shape index (κ2) is 6.37. The fraction of sp³-hybridized carbons (Fsp3) is 0.211. The van der Waals surface area contributed by atoms with Crippen LogP contribution >= 0.6 is 11.8 Å². The number of amidine groups is 1. The number of rotatable bonds is 2. The molecule has 0 saturated heterocycles. The first-order valence-electron chi connectivity index (χ1n) is 8.20. The van der Waals surface area contributed by atoms with Crippen LogP contribution < -0.4 is 15.9 Å². The highest BCUT2D eigenvalue weighted by atomic mass is 32.2. The minimum absolute atomic E-state index is 0.142. The van der Waals surface area contributed by atoms with Gasteiger partial charge in [-0.1, -0.05) is 61.2 Å². The number of nitrogens with zero attached hydrogens (tertiary/aromatic N) is 3. The fourth-order valence-corrected chi connectivity index (χ4v) is 3.43. The zero-order valence-corrected chi connectivity index (χ0v) is 14.9. The molecular weight excluding hydrogens is 332 g/mol. The lowest BCUT2D eigenvalue weighted by molar-refractivity contribution is -0.116. The zero-order valence-electron chi connectivity index (χ0n) is 14.1. The van der Waals surface area contributed by atoms with Gasteiger partial charge in [0.25, 0.3) is 5.91 Å². The molecule has 0 spiro atoms. The van der Waals surface area contributed by atoms with E-state index < -0.39 is 0 Å². The van der Waals surface area contributed by atoms with Crippen LogP contribution in [0.1, 0.15) is 24.2 Å². The summed E-state index contributed by atoms with van der Waals surface area (Å²) in [5.74, 6) is -0.142. The van der Waals surface area contributed by atoms with Crippen LogP contribution in [0.4, 0.5) is 0 Å². The van der Waals surface area contributed by atoms with Crippen LogP contribution in [0.5, 0.6) is 0 Å². The van der Waals surface area contributed by atoms with E-state index in [1.165, 1.54) is 17.3 Å². The molecule has 2 aliphatic rings. The molecule has 25 heavy (non-hydrogen) atoms. The molecule has 4 rings (SSSR count). The number of carbonyl (C=O) groups is 1. The molecule has 0 bridgehead atoms. The van der Waals surface area contributed by atoms with Gasteiger partial charge < -0.3 is 0 Å². The van der Waals surface area contributed by atoms with Crippen molar-refractivity contribution in [3.63, 3.8) is 0 Å². The summed E-state index contributed by atoms with van der Waals surface area (Å²) in [6.45, 7) is 2.13. The van der Waals surface area contributed by atoms with Gasteiger partial charge in [-0.2, -0.15) is 0 Å². The van der Waals surface area contributed by atoms with Gasteiger partial charge in [0.1, 0.15) is 5.70 Å². The maximum Gasteiger partial charge on any atom is 0.276 e. The summed E-state index contributed by atoms with van der Waals surface area (Å²) in [6, 6.07) is 16.1. The van der Waals surface area contributed by atoms with Crippen molar-refractivity contribution < 1.29 is 4.79 Å². The number of nitrogens with one attached hydrogen (secondary N) is 1. The minimum atomic E-state index is -0.344. The molecule has 1 N–H and O–H groups in total. The van der Waals surface area contributed by atoms with Gasteiger partial charge in [0, 0.05) is 5.22 Å². The Hall–Kier alpha value is -2.60. The molecule has 0 radical (unpaired) electrons. The van der Waals surface area contributed by atoms with E-state index in [0.29, 0.717) is 10.9 Å². The number of hydrazone groups is 1. The van der Waals surface area contributed by atoms with Crippen molar-refractivity contribution >= 4 is 28.5 Å². The molecule has 2 aliphatic heterocycles. The van der Waals surface area contributed by atoms with Crippen LogP contribution in [-0.2, 0) is 11.2 Å². The maximum absolute atomic E-state index is 12.7. The van der Waals surface area contributed by atoms with Crippen molar-refractivity contribution in [3.8, 4) is 0 Å². The summed E-state index contributed by atoms with van der Waals surface area (Å²) >= 11 is 1.41. The second-order valence-electron chi connectivity index (χ2n) is 5.87. The Balaban J connectivity index is 1.93. The fourth-order valence-electron chi connectivity index (χ4n) is 3.06. The van der Waals surface area contributed by atoms with Crippen LogP contribution in [0.15, 0.2) is 58.6 Å². The number of amides is 1. The van der Waals surface area contributed by atoms with Gasteiger partial charge in [0.2, 0.25) is 0 Å². The van der Waals surface area contributed by atoms with Gasteiger partial charge in [-0.25, -0.2) is 5.01 Å². The number of benzene rings is 2. The van der Waals surface area contributed by atoms with Crippen molar-refractivity contribution in [2.24, 2.45) is 10.1 Å². The van der Waals surface area contributed by atoms with Gasteiger partial charge in [-0.15, -0.1) is 5.10 Å². The Labute approximate surface area is 150 Å². The summed E-state index contributed by atoms with van der Waals surface area (Å²) in [5.41, 5.74) is 2.84. The van der Waals surface area contributed by atoms with Gasteiger partial charge >= 0.3 is 0 Å². The van der Waals surface area contributed by atoms with Crippen LogP contribution in [0, 0.1) is 0 Å². The van der Waals surface area contributed by atoms with E-state index in [1.54, 1.807) is 5.01 Å². The Morgan fingerprint density at radius 1 is 1.16 bits per heavy atom. The van der Waals surface area contributed by atoms with Crippen LogP contribution in [0.3, 0.4) is 0 Å². The number of thioether (sulfide) groups is 1. The number of hydrogen-bond donors (Lipinski definition) is 1. The molecule has 0 aromatic heterocycles. The number of para-hydroxylation sites is 1. The van der Waals surface area contributed by atoms with Crippen molar-refractivity contribution in [3.05, 3.63) is 70.2 Å².